The summed E-state index contributed by atoms with van der Waals surface area (Å²) in [5.74, 6) is -0.637. The molecule has 0 radical (unpaired) electrons. The van der Waals surface area contributed by atoms with Crippen molar-refractivity contribution in [1.82, 2.24) is 10.6 Å². The van der Waals surface area contributed by atoms with Crippen molar-refractivity contribution >= 4 is 11.8 Å². The fourth-order valence-corrected chi connectivity index (χ4v) is 3.34. The Morgan fingerprint density at radius 3 is 2.73 bits per heavy atom. The van der Waals surface area contributed by atoms with E-state index in [1.165, 1.54) is 0 Å². The fourth-order valence-electron chi connectivity index (χ4n) is 3.34. The van der Waals surface area contributed by atoms with Crippen LogP contribution in [0.25, 0.3) is 0 Å². The van der Waals surface area contributed by atoms with Gasteiger partial charge in [-0.3, -0.25) is 9.59 Å². The number of benzene rings is 1. The van der Waals surface area contributed by atoms with E-state index in [9.17, 15) is 9.59 Å². The topological polar surface area (TPSA) is 67.4 Å². The van der Waals surface area contributed by atoms with E-state index in [2.05, 4.69) is 10.6 Å². The van der Waals surface area contributed by atoms with Crippen LogP contribution in [-0.4, -0.2) is 23.1 Å². The Balaban J connectivity index is 1.99. The van der Waals surface area contributed by atoms with Crippen LogP contribution >= 0.6 is 0 Å². The van der Waals surface area contributed by atoms with Crippen molar-refractivity contribution in [3.8, 4) is 5.75 Å². The summed E-state index contributed by atoms with van der Waals surface area (Å²) >= 11 is 0. The van der Waals surface area contributed by atoms with Crippen LogP contribution in [0, 0.1) is 5.92 Å². The highest BCUT2D eigenvalue weighted by Gasteiger charge is 2.51. The number of carbonyl (C=O) groups is 2. The number of rotatable bonds is 1. The van der Waals surface area contributed by atoms with Gasteiger partial charge in [-0.2, -0.15) is 0 Å². The summed E-state index contributed by atoms with van der Waals surface area (Å²) < 4.78 is 5.93. The third-order valence-corrected chi connectivity index (χ3v) is 4.12. The number of para-hydroxylation sites is 1. The zero-order valence-electron chi connectivity index (χ0n) is 13.4. The van der Waals surface area contributed by atoms with Crippen LogP contribution in [0.15, 0.2) is 24.3 Å². The van der Waals surface area contributed by atoms with E-state index in [0.29, 0.717) is 6.42 Å². The molecule has 0 aromatic heterocycles. The molecule has 2 bridgehead atoms. The first-order valence-electron chi connectivity index (χ1n) is 7.61. The highest BCUT2D eigenvalue weighted by Crippen LogP contribution is 2.46. The SMILES string of the molecule is CC(C)(C)NC(=O)C1C(=O)NC2(C)CC1c1ccccc1O2. The van der Waals surface area contributed by atoms with Gasteiger partial charge in [0.15, 0.2) is 5.72 Å². The van der Waals surface area contributed by atoms with Crippen LogP contribution in [0.5, 0.6) is 5.75 Å². The second-order valence-electron chi connectivity index (χ2n) is 7.39. The van der Waals surface area contributed by atoms with Crippen molar-refractivity contribution in [2.45, 2.75) is 51.3 Å². The highest BCUT2D eigenvalue weighted by atomic mass is 16.5. The Hall–Kier alpha value is -2.04. The minimum Gasteiger partial charge on any atom is -0.468 e. The molecule has 2 aliphatic heterocycles. The van der Waals surface area contributed by atoms with E-state index >= 15 is 0 Å². The van der Waals surface area contributed by atoms with Crippen molar-refractivity contribution in [2.24, 2.45) is 5.92 Å². The van der Waals surface area contributed by atoms with E-state index in [0.717, 1.165) is 11.3 Å². The molecule has 1 aromatic carbocycles. The molecule has 0 spiro atoms. The van der Waals surface area contributed by atoms with Crippen molar-refractivity contribution in [3.63, 3.8) is 0 Å². The molecule has 1 fully saturated rings. The van der Waals surface area contributed by atoms with Crippen molar-refractivity contribution < 1.29 is 14.3 Å². The van der Waals surface area contributed by atoms with Crippen LogP contribution < -0.4 is 15.4 Å². The first-order valence-corrected chi connectivity index (χ1v) is 7.61. The molecule has 118 valence electrons. The van der Waals surface area contributed by atoms with Crippen LogP contribution in [0.1, 0.15) is 45.6 Å². The molecule has 5 heteroatoms. The largest absolute Gasteiger partial charge is 0.468 e. The van der Waals surface area contributed by atoms with Gasteiger partial charge in [0, 0.05) is 17.9 Å². The molecule has 5 nitrogen and oxygen atoms in total. The maximum absolute atomic E-state index is 12.6. The molecule has 3 rings (SSSR count). The monoisotopic (exact) mass is 302 g/mol. The predicted octanol–water partition coefficient (Wildman–Crippen LogP) is 1.93. The molecule has 0 aliphatic carbocycles. The van der Waals surface area contributed by atoms with E-state index in [1.807, 2.05) is 52.0 Å². The summed E-state index contributed by atoms with van der Waals surface area (Å²) in [7, 11) is 0. The molecule has 2 aliphatic rings. The van der Waals surface area contributed by atoms with E-state index in [1.54, 1.807) is 0 Å². The standard InChI is InChI=1S/C17H22N2O3/c1-16(2,3)18-14(20)13-11-9-17(4,19-15(13)21)22-12-8-6-5-7-10(11)12/h5-8,11,13H,9H2,1-4H3,(H,18,20)(H,19,21). The Kier molecular flexibility index (Phi) is 3.20. The van der Waals surface area contributed by atoms with Crippen LogP contribution in [0.2, 0.25) is 0 Å². The predicted molar refractivity (Wildman–Crippen MR) is 82.4 cm³/mol. The molecule has 2 heterocycles. The maximum Gasteiger partial charge on any atom is 0.236 e. The number of amides is 2. The molecular formula is C17H22N2O3. The molecule has 1 saturated heterocycles. The number of ether oxygens (including phenoxy) is 1. The summed E-state index contributed by atoms with van der Waals surface area (Å²) in [6, 6.07) is 7.64. The molecule has 1 aromatic rings. The van der Waals surface area contributed by atoms with Gasteiger partial charge in [-0.05, 0) is 39.3 Å². The number of piperidine rings is 1. The van der Waals surface area contributed by atoms with Gasteiger partial charge in [0.1, 0.15) is 11.7 Å². The lowest BCUT2D eigenvalue weighted by molar-refractivity contribution is -0.147. The quantitative estimate of drug-likeness (QED) is 0.779. The lowest BCUT2D eigenvalue weighted by atomic mass is 9.74. The number of hydrogen-bond donors (Lipinski definition) is 2. The highest BCUT2D eigenvalue weighted by molar-refractivity contribution is 6.02. The van der Waals surface area contributed by atoms with Gasteiger partial charge in [-0.1, -0.05) is 18.2 Å². The van der Waals surface area contributed by atoms with Crippen LogP contribution in [0.4, 0.5) is 0 Å². The van der Waals surface area contributed by atoms with Gasteiger partial charge in [0.05, 0.1) is 0 Å². The van der Waals surface area contributed by atoms with E-state index in [-0.39, 0.29) is 23.3 Å². The van der Waals surface area contributed by atoms with Gasteiger partial charge < -0.3 is 15.4 Å². The van der Waals surface area contributed by atoms with Crippen LogP contribution in [0.3, 0.4) is 0 Å². The Morgan fingerprint density at radius 2 is 2.05 bits per heavy atom. The third kappa shape index (κ3) is 2.56. The summed E-state index contributed by atoms with van der Waals surface area (Å²) in [6.45, 7) is 7.58. The number of fused-ring (bicyclic) bond motifs is 4. The number of nitrogens with one attached hydrogen (secondary N) is 2. The Bertz CT molecular complexity index is 635. The zero-order valence-corrected chi connectivity index (χ0v) is 13.4. The minimum atomic E-state index is -0.741. The molecule has 0 saturated carbocycles. The molecular weight excluding hydrogens is 280 g/mol. The molecule has 2 N–H and O–H groups in total. The second-order valence-corrected chi connectivity index (χ2v) is 7.39. The number of hydrogen-bond acceptors (Lipinski definition) is 3. The molecule has 3 unspecified atom stereocenters. The van der Waals surface area contributed by atoms with Gasteiger partial charge in [-0.25, -0.2) is 0 Å². The number of carbonyl (C=O) groups excluding carboxylic acids is 2. The van der Waals surface area contributed by atoms with Gasteiger partial charge in [0.25, 0.3) is 0 Å². The van der Waals surface area contributed by atoms with Crippen molar-refractivity contribution in [2.75, 3.05) is 0 Å². The molecule has 22 heavy (non-hydrogen) atoms. The lowest BCUT2D eigenvalue weighted by Crippen LogP contribution is -2.63. The second kappa shape index (κ2) is 4.73. The smallest absolute Gasteiger partial charge is 0.236 e. The molecule has 2 amide bonds. The van der Waals surface area contributed by atoms with Gasteiger partial charge in [-0.15, -0.1) is 0 Å². The van der Waals surface area contributed by atoms with E-state index in [4.69, 9.17) is 4.74 Å². The maximum atomic E-state index is 12.6. The zero-order chi connectivity index (χ0) is 16.1. The van der Waals surface area contributed by atoms with E-state index < -0.39 is 11.6 Å². The van der Waals surface area contributed by atoms with Crippen molar-refractivity contribution in [3.05, 3.63) is 29.8 Å². The van der Waals surface area contributed by atoms with Crippen molar-refractivity contribution in [1.29, 1.82) is 0 Å². The average Bonchev–Trinajstić information content (AvgIpc) is 2.34. The first kappa shape index (κ1) is 14.9. The normalized spacial score (nSPS) is 29.9. The summed E-state index contributed by atoms with van der Waals surface area (Å²) in [4.78, 5) is 25.1. The van der Waals surface area contributed by atoms with Crippen LogP contribution in [-0.2, 0) is 9.59 Å². The van der Waals surface area contributed by atoms with Gasteiger partial charge in [0.2, 0.25) is 11.8 Å². The summed E-state index contributed by atoms with van der Waals surface area (Å²) in [5, 5.41) is 5.78. The first-order chi connectivity index (χ1) is 10.2. The van der Waals surface area contributed by atoms with Gasteiger partial charge >= 0.3 is 0 Å². The Morgan fingerprint density at radius 1 is 1.36 bits per heavy atom. The Labute approximate surface area is 130 Å². The average molecular weight is 302 g/mol. The summed E-state index contributed by atoms with van der Waals surface area (Å²) in [5.41, 5.74) is -0.180. The third-order valence-electron chi connectivity index (χ3n) is 4.12. The molecule has 3 atom stereocenters. The lowest BCUT2D eigenvalue weighted by Gasteiger charge is -2.47. The minimum absolute atomic E-state index is 0.161. The summed E-state index contributed by atoms with van der Waals surface area (Å²) in [6.07, 6.45) is 0.595. The fraction of sp³-hybridized carbons (Fsp3) is 0.529.